The molecule has 0 spiro atoms. The largest absolute Gasteiger partial charge is 0.326 e. The number of carbonyl (C=O) groups excluding carboxylic acids is 2. The number of benzene rings is 1. The number of amides is 1. The molecule has 1 N–H and O–H groups in total. The molecule has 0 saturated carbocycles. The van der Waals surface area contributed by atoms with Crippen LogP contribution in [0.4, 0.5) is 5.69 Å². The number of nitrogens with zero attached hydrogens (tertiary/aromatic N) is 2. The van der Waals surface area contributed by atoms with Crippen LogP contribution in [0.25, 0.3) is 0 Å². The summed E-state index contributed by atoms with van der Waals surface area (Å²) in [5, 5.41) is 4.58. The van der Waals surface area contributed by atoms with Crippen LogP contribution in [0.2, 0.25) is 0 Å². The molecule has 28 heavy (non-hydrogen) atoms. The molecule has 0 unspecified atom stereocenters. The number of rotatable bonds is 7. The molecule has 0 atom stereocenters. The molecule has 2 heterocycles. The Morgan fingerprint density at radius 3 is 2.32 bits per heavy atom. The number of ketones is 1. The summed E-state index contributed by atoms with van der Waals surface area (Å²) in [5.74, 6) is -0.123. The fraction of sp³-hybridized carbons (Fsp3) is 0.368. The number of nitrogens with one attached hydrogen (secondary N) is 1. The molecule has 1 saturated heterocycles. The molecule has 0 radical (unpaired) electrons. The van der Waals surface area contributed by atoms with Crippen LogP contribution in [0, 0.1) is 0 Å². The van der Waals surface area contributed by atoms with Crippen LogP contribution in [-0.2, 0) is 14.8 Å². The SMILES string of the molecule is CC(=O)c1ccc(NC(=O)CCN2CCN(S(=O)(=O)c3cccs3)CC2)cc1. The number of anilines is 1. The van der Waals surface area contributed by atoms with E-state index in [1.807, 2.05) is 0 Å². The smallest absolute Gasteiger partial charge is 0.252 e. The Labute approximate surface area is 169 Å². The molecule has 1 amide bonds. The van der Waals surface area contributed by atoms with Crippen molar-refractivity contribution in [2.45, 2.75) is 17.6 Å². The summed E-state index contributed by atoms with van der Waals surface area (Å²) in [5.41, 5.74) is 1.26. The summed E-state index contributed by atoms with van der Waals surface area (Å²) in [7, 11) is -3.40. The second-order valence-electron chi connectivity index (χ2n) is 6.61. The van der Waals surface area contributed by atoms with Crippen LogP contribution in [-0.4, -0.2) is 62.0 Å². The van der Waals surface area contributed by atoms with E-state index >= 15 is 0 Å². The van der Waals surface area contributed by atoms with Gasteiger partial charge in [-0.05, 0) is 42.6 Å². The van der Waals surface area contributed by atoms with Gasteiger partial charge in [-0.25, -0.2) is 8.42 Å². The summed E-state index contributed by atoms with van der Waals surface area (Å²) in [6.45, 7) is 4.13. The van der Waals surface area contributed by atoms with Gasteiger partial charge in [-0.1, -0.05) is 6.07 Å². The molecular weight excluding hydrogens is 398 g/mol. The first-order valence-electron chi connectivity index (χ1n) is 9.03. The lowest BCUT2D eigenvalue weighted by Crippen LogP contribution is -2.48. The monoisotopic (exact) mass is 421 g/mol. The average Bonchev–Trinajstić information content (AvgIpc) is 3.23. The highest BCUT2D eigenvalue weighted by Crippen LogP contribution is 2.22. The van der Waals surface area contributed by atoms with Gasteiger partial charge in [-0.2, -0.15) is 4.31 Å². The van der Waals surface area contributed by atoms with Gasteiger partial charge in [0.1, 0.15) is 4.21 Å². The lowest BCUT2D eigenvalue weighted by atomic mass is 10.1. The van der Waals surface area contributed by atoms with Crippen molar-refractivity contribution in [2.24, 2.45) is 0 Å². The van der Waals surface area contributed by atoms with E-state index in [1.54, 1.807) is 41.8 Å². The first-order chi connectivity index (χ1) is 13.4. The van der Waals surface area contributed by atoms with Gasteiger partial charge in [0.15, 0.2) is 5.78 Å². The molecule has 0 bridgehead atoms. The van der Waals surface area contributed by atoms with Gasteiger partial charge in [-0.3, -0.25) is 9.59 Å². The quantitative estimate of drug-likeness (QED) is 0.693. The lowest BCUT2D eigenvalue weighted by Gasteiger charge is -2.33. The van der Waals surface area contributed by atoms with Crippen molar-refractivity contribution in [2.75, 3.05) is 38.0 Å². The van der Waals surface area contributed by atoms with Gasteiger partial charge >= 0.3 is 0 Å². The van der Waals surface area contributed by atoms with Gasteiger partial charge in [0.05, 0.1) is 0 Å². The number of Topliss-reactive ketones (excluding diaryl/α,β-unsaturated/α-hetero) is 1. The minimum Gasteiger partial charge on any atom is -0.326 e. The molecule has 1 aliphatic rings. The van der Waals surface area contributed by atoms with Crippen molar-refractivity contribution in [3.05, 3.63) is 47.3 Å². The highest BCUT2D eigenvalue weighted by molar-refractivity contribution is 7.91. The number of carbonyl (C=O) groups is 2. The molecule has 3 rings (SSSR count). The predicted octanol–water partition coefficient (Wildman–Crippen LogP) is 2.29. The van der Waals surface area contributed by atoms with Crippen LogP contribution in [0.15, 0.2) is 46.0 Å². The van der Waals surface area contributed by atoms with E-state index in [2.05, 4.69) is 10.2 Å². The molecule has 1 aliphatic heterocycles. The second-order valence-corrected chi connectivity index (χ2v) is 9.72. The second kappa shape index (κ2) is 8.95. The number of piperazine rings is 1. The maximum absolute atomic E-state index is 12.5. The van der Waals surface area contributed by atoms with E-state index in [0.29, 0.717) is 54.6 Å². The van der Waals surface area contributed by atoms with Crippen molar-refractivity contribution in [3.8, 4) is 0 Å². The molecule has 1 aromatic heterocycles. The van der Waals surface area contributed by atoms with Gasteiger partial charge in [0.2, 0.25) is 5.91 Å². The average molecular weight is 422 g/mol. The number of hydrogen-bond donors (Lipinski definition) is 1. The summed E-state index contributed by atoms with van der Waals surface area (Å²) in [4.78, 5) is 25.5. The first kappa shape index (κ1) is 20.7. The topological polar surface area (TPSA) is 86.8 Å². The molecule has 2 aromatic rings. The maximum Gasteiger partial charge on any atom is 0.252 e. The zero-order chi connectivity index (χ0) is 20.1. The third-order valence-corrected chi connectivity index (χ3v) is 7.92. The Morgan fingerprint density at radius 2 is 1.75 bits per heavy atom. The van der Waals surface area contributed by atoms with Gasteiger partial charge in [0, 0.05) is 50.4 Å². The molecule has 1 fully saturated rings. The number of sulfonamides is 1. The molecule has 7 nitrogen and oxygen atoms in total. The van der Waals surface area contributed by atoms with Crippen molar-refractivity contribution in [1.29, 1.82) is 0 Å². The van der Waals surface area contributed by atoms with E-state index in [9.17, 15) is 18.0 Å². The minimum absolute atomic E-state index is 0.0156. The fourth-order valence-corrected chi connectivity index (χ4v) is 5.57. The van der Waals surface area contributed by atoms with Gasteiger partial charge < -0.3 is 10.2 Å². The molecule has 150 valence electrons. The number of hydrogen-bond acceptors (Lipinski definition) is 6. The third-order valence-electron chi connectivity index (χ3n) is 4.65. The molecular formula is C19H23N3O4S2. The standard InChI is InChI=1S/C19H23N3O4S2/c1-15(23)16-4-6-17(7-5-16)20-18(24)8-9-21-10-12-22(13-11-21)28(25,26)19-3-2-14-27-19/h2-7,14H,8-13H2,1H3,(H,20,24). The number of thiophene rings is 1. The van der Waals surface area contributed by atoms with Crippen LogP contribution in [0.5, 0.6) is 0 Å². The first-order valence-corrected chi connectivity index (χ1v) is 11.3. The summed E-state index contributed by atoms with van der Waals surface area (Å²) in [6, 6.07) is 10.2. The van der Waals surface area contributed by atoms with E-state index in [1.165, 1.54) is 22.6 Å². The highest BCUT2D eigenvalue weighted by Gasteiger charge is 2.29. The highest BCUT2D eigenvalue weighted by atomic mass is 32.2. The molecule has 0 aliphatic carbocycles. The molecule has 1 aromatic carbocycles. The Morgan fingerprint density at radius 1 is 1.07 bits per heavy atom. The predicted molar refractivity (Wildman–Crippen MR) is 109 cm³/mol. The van der Waals surface area contributed by atoms with E-state index < -0.39 is 10.0 Å². The van der Waals surface area contributed by atoms with Crippen molar-refractivity contribution >= 4 is 38.7 Å². The van der Waals surface area contributed by atoms with Crippen molar-refractivity contribution < 1.29 is 18.0 Å². The Balaban J connectivity index is 1.44. The summed E-state index contributed by atoms with van der Waals surface area (Å²) >= 11 is 1.23. The normalized spacial score (nSPS) is 16.0. The van der Waals surface area contributed by atoms with E-state index in [4.69, 9.17) is 0 Å². The summed E-state index contributed by atoms with van der Waals surface area (Å²) < 4.78 is 26.9. The zero-order valence-corrected chi connectivity index (χ0v) is 17.3. The van der Waals surface area contributed by atoms with Crippen LogP contribution >= 0.6 is 11.3 Å². The van der Waals surface area contributed by atoms with E-state index in [0.717, 1.165) is 0 Å². The Kier molecular flexibility index (Phi) is 6.61. The maximum atomic E-state index is 12.5. The van der Waals surface area contributed by atoms with Crippen molar-refractivity contribution in [1.82, 2.24) is 9.21 Å². The summed E-state index contributed by atoms with van der Waals surface area (Å²) in [6.07, 6.45) is 0.326. The van der Waals surface area contributed by atoms with Gasteiger partial charge in [0.25, 0.3) is 10.0 Å². The Hall–Kier alpha value is -2.07. The van der Waals surface area contributed by atoms with Crippen LogP contribution in [0.1, 0.15) is 23.7 Å². The lowest BCUT2D eigenvalue weighted by molar-refractivity contribution is -0.116. The Bertz CT molecular complexity index is 917. The van der Waals surface area contributed by atoms with Crippen LogP contribution in [0.3, 0.4) is 0 Å². The molecule has 9 heteroatoms. The van der Waals surface area contributed by atoms with Crippen molar-refractivity contribution in [3.63, 3.8) is 0 Å². The fourth-order valence-electron chi connectivity index (χ4n) is 3.00. The van der Waals surface area contributed by atoms with E-state index in [-0.39, 0.29) is 11.7 Å². The van der Waals surface area contributed by atoms with Crippen LogP contribution < -0.4 is 5.32 Å². The third kappa shape index (κ3) is 5.05. The minimum atomic E-state index is -3.40. The van der Waals surface area contributed by atoms with Gasteiger partial charge in [-0.15, -0.1) is 11.3 Å². The zero-order valence-electron chi connectivity index (χ0n) is 15.6.